The number of aromatic nitrogens is 1. The summed E-state index contributed by atoms with van der Waals surface area (Å²) < 4.78 is 29.7. The van der Waals surface area contributed by atoms with Gasteiger partial charge in [0.05, 0.1) is 23.3 Å². The van der Waals surface area contributed by atoms with Crippen LogP contribution >= 0.6 is 0 Å². The van der Waals surface area contributed by atoms with Gasteiger partial charge in [0, 0.05) is 5.92 Å². The van der Waals surface area contributed by atoms with Gasteiger partial charge >= 0.3 is 0 Å². The molecule has 0 saturated carbocycles. The van der Waals surface area contributed by atoms with Gasteiger partial charge < -0.3 is 9.52 Å². The Balaban J connectivity index is 2.00. The molecule has 0 radical (unpaired) electrons. The molecule has 0 saturated heterocycles. The highest BCUT2D eigenvalue weighted by Crippen LogP contribution is 2.20. The number of aliphatic hydroxyl groups is 1. The van der Waals surface area contributed by atoms with Crippen molar-refractivity contribution in [1.29, 1.82) is 0 Å². The van der Waals surface area contributed by atoms with Crippen LogP contribution in [-0.2, 0) is 22.0 Å². The van der Waals surface area contributed by atoms with Crippen LogP contribution in [0.15, 0.2) is 41.1 Å². The van der Waals surface area contributed by atoms with Gasteiger partial charge in [-0.05, 0) is 12.0 Å². The molecule has 2 rings (SSSR count). The summed E-state index contributed by atoms with van der Waals surface area (Å²) in [6, 6.07) is 9.33. The summed E-state index contributed by atoms with van der Waals surface area (Å²) in [7, 11) is -3.45. The van der Waals surface area contributed by atoms with Crippen molar-refractivity contribution >= 4 is 9.84 Å². The molecule has 0 fully saturated rings. The molecule has 5 nitrogen and oxygen atoms in total. The van der Waals surface area contributed by atoms with Gasteiger partial charge in [-0.1, -0.05) is 44.2 Å². The molecule has 1 atom stereocenters. The monoisotopic (exact) mass is 323 g/mol. The van der Waals surface area contributed by atoms with E-state index >= 15 is 0 Å². The minimum absolute atomic E-state index is 0.0712. The fraction of sp³-hybridized carbons (Fsp3) is 0.438. The van der Waals surface area contributed by atoms with Crippen molar-refractivity contribution in [3.05, 3.63) is 53.7 Å². The number of hydrogen-bond donors (Lipinski definition) is 1. The highest BCUT2D eigenvalue weighted by Gasteiger charge is 2.23. The number of hydrogen-bond acceptors (Lipinski definition) is 5. The Labute approximate surface area is 130 Å². The maximum absolute atomic E-state index is 12.2. The van der Waals surface area contributed by atoms with Gasteiger partial charge in [-0.25, -0.2) is 13.4 Å². The van der Waals surface area contributed by atoms with Gasteiger partial charge in [-0.3, -0.25) is 0 Å². The molecule has 1 N–H and O–H groups in total. The molecule has 0 bridgehead atoms. The van der Waals surface area contributed by atoms with E-state index in [1.165, 1.54) is 6.39 Å². The van der Waals surface area contributed by atoms with Crippen LogP contribution in [0.5, 0.6) is 0 Å². The third kappa shape index (κ3) is 4.68. The lowest BCUT2D eigenvalue weighted by atomic mass is 10.1. The van der Waals surface area contributed by atoms with E-state index in [2.05, 4.69) is 4.98 Å². The molecule has 120 valence electrons. The van der Waals surface area contributed by atoms with E-state index in [0.29, 0.717) is 17.9 Å². The van der Waals surface area contributed by atoms with Crippen LogP contribution in [0.4, 0.5) is 0 Å². The number of benzene rings is 1. The summed E-state index contributed by atoms with van der Waals surface area (Å²) >= 11 is 0. The summed E-state index contributed by atoms with van der Waals surface area (Å²) in [4.78, 5) is 3.99. The topological polar surface area (TPSA) is 80.4 Å². The van der Waals surface area contributed by atoms with E-state index in [0.717, 1.165) is 5.56 Å². The predicted molar refractivity (Wildman–Crippen MR) is 84.2 cm³/mol. The van der Waals surface area contributed by atoms with Crippen molar-refractivity contribution in [2.24, 2.45) is 0 Å². The number of nitrogens with zero attached hydrogens (tertiary/aromatic N) is 1. The number of sulfone groups is 1. The Hall–Kier alpha value is -1.66. The molecule has 2 aromatic rings. The Morgan fingerprint density at radius 1 is 1.23 bits per heavy atom. The zero-order valence-electron chi connectivity index (χ0n) is 12.8. The van der Waals surface area contributed by atoms with Gasteiger partial charge in [0.2, 0.25) is 0 Å². The second-order valence-corrected chi connectivity index (χ2v) is 7.83. The summed E-state index contributed by atoms with van der Waals surface area (Å²) in [6.45, 7) is 3.84. The SMILES string of the molecule is CC(C)c1ocnc1CS(=O)(=O)CC(O)Cc1ccccc1. The van der Waals surface area contributed by atoms with Crippen molar-refractivity contribution < 1.29 is 17.9 Å². The molecule has 22 heavy (non-hydrogen) atoms. The van der Waals surface area contributed by atoms with Crippen LogP contribution in [0.1, 0.15) is 36.8 Å². The zero-order valence-corrected chi connectivity index (χ0v) is 13.6. The molecular weight excluding hydrogens is 302 g/mol. The Kier molecular flexibility index (Phi) is 5.37. The summed E-state index contributed by atoms with van der Waals surface area (Å²) in [5, 5.41) is 10.0. The van der Waals surface area contributed by atoms with Crippen LogP contribution in [0.2, 0.25) is 0 Å². The lowest BCUT2D eigenvalue weighted by molar-refractivity contribution is 0.198. The largest absolute Gasteiger partial charge is 0.448 e. The van der Waals surface area contributed by atoms with Crippen molar-refractivity contribution in [3.63, 3.8) is 0 Å². The van der Waals surface area contributed by atoms with Crippen LogP contribution in [-0.4, -0.2) is 30.4 Å². The molecule has 1 aromatic heterocycles. The average Bonchev–Trinajstić information content (AvgIpc) is 2.86. The summed E-state index contributed by atoms with van der Waals surface area (Å²) in [6.07, 6.45) is 0.651. The smallest absolute Gasteiger partial charge is 0.181 e. The first-order valence-electron chi connectivity index (χ1n) is 7.22. The Bertz CT molecular complexity index is 692. The molecule has 6 heteroatoms. The van der Waals surface area contributed by atoms with Crippen LogP contribution in [0.3, 0.4) is 0 Å². The third-order valence-corrected chi connectivity index (χ3v) is 4.92. The highest BCUT2D eigenvalue weighted by atomic mass is 32.2. The van der Waals surface area contributed by atoms with Crippen LogP contribution in [0.25, 0.3) is 0 Å². The molecular formula is C16H21NO4S. The van der Waals surface area contributed by atoms with Gasteiger partial charge in [-0.2, -0.15) is 0 Å². The van der Waals surface area contributed by atoms with Crippen molar-refractivity contribution in [2.45, 2.75) is 38.0 Å². The van der Waals surface area contributed by atoms with Crippen molar-refractivity contribution in [3.8, 4) is 0 Å². The maximum atomic E-state index is 12.2. The fourth-order valence-corrected chi connectivity index (χ4v) is 3.82. The highest BCUT2D eigenvalue weighted by molar-refractivity contribution is 7.90. The quantitative estimate of drug-likeness (QED) is 0.846. The van der Waals surface area contributed by atoms with E-state index in [9.17, 15) is 13.5 Å². The van der Waals surface area contributed by atoms with E-state index in [-0.39, 0.29) is 17.4 Å². The van der Waals surface area contributed by atoms with Gasteiger partial charge in [0.25, 0.3) is 0 Å². The van der Waals surface area contributed by atoms with E-state index in [1.54, 1.807) is 0 Å². The molecule has 0 amide bonds. The molecule has 0 aliphatic rings. The van der Waals surface area contributed by atoms with Gasteiger partial charge in [0.15, 0.2) is 16.2 Å². The zero-order chi connectivity index (χ0) is 16.2. The first-order chi connectivity index (χ1) is 10.4. The minimum atomic E-state index is -3.45. The second kappa shape index (κ2) is 7.07. The van der Waals surface area contributed by atoms with Crippen LogP contribution < -0.4 is 0 Å². The lowest BCUT2D eigenvalue weighted by Gasteiger charge is -2.11. The third-order valence-electron chi connectivity index (χ3n) is 3.31. The predicted octanol–water partition coefficient (Wildman–Crippen LogP) is 2.32. The van der Waals surface area contributed by atoms with Gasteiger partial charge in [0.1, 0.15) is 5.76 Å². The first-order valence-corrected chi connectivity index (χ1v) is 9.04. The van der Waals surface area contributed by atoms with Crippen LogP contribution in [0, 0.1) is 0 Å². The molecule has 1 heterocycles. The standard InChI is InChI=1S/C16H21NO4S/c1-12(2)16-15(17-11-21-16)10-22(19,20)9-14(18)8-13-6-4-3-5-7-13/h3-7,11-12,14,18H,8-10H2,1-2H3. The molecule has 1 unspecified atom stereocenters. The minimum Gasteiger partial charge on any atom is -0.448 e. The maximum Gasteiger partial charge on any atom is 0.181 e. The number of oxazole rings is 1. The number of aliphatic hydroxyl groups excluding tert-OH is 1. The van der Waals surface area contributed by atoms with Gasteiger partial charge in [-0.15, -0.1) is 0 Å². The number of rotatable bonds is 7. The fourth-order valence-electron chi connectivity index (χ4n) is 2.36. The Morgan fingerprint density at radius 3 is 2.55 bits per heavy atom. The summed E-state index contributed by atoms with van der Waals surface area (Å²) in [5.74, 6) is 0.165. The van der Waals surface area contributed by atoms with E-state index in [4.69, 9.17) is 4.42 Å². The molecule has 1 aromatic carbocycles. The van der Waals surface area contributed by atoms with Crippen molar-refractivity contribution in [1.82, 2.24) is 4.98 Å². The van der Waals surface area contributed by atoms with Crippen molar-refractivity contribution in [2.75, 3.05) is 5.75 Å². The molecule has 0 spiro atoms. The lowest BCUT2D eigenvalue weighted by Crippen LogP contribution is -2.24. The first kappa shape index (κ1) is 16.7. The summed E-state index contributed by atoms with van der Waals surface area (Å²) in [5.41, 5.74) is 1.34. The molecule has 0 aliphatic carbocycles. The van der Waals surface area contributed by atoms with E-state index < -0.39 is 15.9 Å². The second-order valence-electron chi connectivity index (χ2n) is 5.72. The average molecular weight is 323 g/mol. The normalized spacial score (nSPS) is 13.5. The van der Waals surface area contributed by atoms with E-state index in [1.807, 2.05) is 44.2 Å². The Morgan fingerprint density at radius 2 is 1.91 bits per heavy atom. The molecule has 0 aliphatic heterocycles.